The van der Waals surface area contributed by atoms with Crippen LogP contribution in [0.2, 0.25) is 0 Å². The molecular weight excluding hydrogens is 348 g/mol. The summed E-state index contributed by atoms with van der Waals surface area (Å²) in [6, 6.07) is 14.8. The molecule has 0 saturated carbocycles. The average Bonchev–Trinajstić information content (AvgIpc) is 3.33. The summed E-state index contributed by atoms with van der Waals surface area (Å²) in [6.45, 7) is 2.19. The van der Waals surface area contributed by atoms with Crippen molar-refractivity contribution in [1.29, 1.82) is 0 Å². The second-order valence-corrected chi connectivity index (χ2v) is 7.12. The SMILES string of the molecule is CCCc1ccc(-c2nc(-c3ccc4cn[nH]c4c3)n3c2C(N)NC=C3)cc1. The lowest BCUT2D eigenvalue weighted by molar-refractivity contribution is 0.611. The van der Waals surface area contributed by atoms with E-state index < -0.39 is 0 Å². The van der Waals surface area contributed by atoms with Crippen molar-refractivity contribution in [2.45, 2.75) is 25.9 Å². The van der Waals surface area contributed by atoms with E-state index in [2.05, 4.69) is 69.5 Å². The van der Waals surface area contributed by atoms with Crippen LogP contribution in [0.25, 0.3) is 39.7 Å². The Bertz CT molecular complexity index is 1170. The van der Waals surface area contributed by atoms with E-state index >= 15 is 0 Å². The van der Waals surface area contributed by atoms with Gasteiger partial charge >= 0.3 is 0 Å². The Kier molecular flexibility index (Phi) is 3.98. The van der Waals surface area contributed by atoms with Crippen LogP contribution in [-0.2, 0) is 6.42 Å². The fourth-order valence-electron chi connectivity index (χ4n) is 3.80. The molecule has 0 saturated heterocycles. The smallest absolute Gasteiger partial charge is 0.145 e. The van der Waals surface area contributed by atoms with Gasteiger partial charge in [0.2, 0.25) is 0 Å². The number of aryl methyl sites for hydroxylation is 1. The van der Waals surface area contributed by atoms with Crippen LogP contribution in [0.3, 0.4) is 0 Å². The molecule has 1 atom stereocenters. The molecule has 140 valence electrons. The molecule has 1 aliphatic rings. The highest BCUT2D eigenvalue weighted by Gasteiger charge is 2.25. The van der Waals surface area contributed by atoms with Crippen molar-refractivity contribution >= 4 is 17.1 Å². The van der Waals surface area contributed by atoms with Crippen LogP contribution in [0.15, 0.2) is 54.9 Å². The highest BCUT2D eigenvalue weighted by Crippen LogP contribution is 2.34. The van der Waals surface area contributed by atoms with E-state index in [1.54, 1.807) is 0 Å². The third kappa shape index (κ3) is 2.70. The summed E-state index contributed by atoms with van der Waals surface area (Å²) in [7, 11) is 0. The number of nitrogens with two attached hydrogens (primary N) is 1. The number of aromatic amines is 1. The van der Waals surface area contributed by atoms with Gasteiger partial charge in [-0.3, -0.25) is 9.67 Å². The molecule has 2 aromatic heterocycles. The van der Waals surface area contributed by atoms with E-state index in [-0.39, 0.29) is 6.17 Å². The number of rotatable bonds is 4. The van der Waals surface area contributed by atoms with Gasteiger partial charge in [0.25, 0.3) is 0 Å². The zero-order chi connectivity index (χ0) is 19.1. The number of benzene rings is 2. The van der Waals surface area contributed by atoms with Crippen LogP contribution in [0.1, 0.15) is 30.8 Å². The lowest BCUT2D eigenvalue weighted by Crippen LogP contribution is -2.29. The van der Waals surface area contributed by atoms with Gasteiger partial charge in [0.15, 0.2) is 0 Å². The van der Waals surface area contributed by atoms with Crippen LogP contribution in [0.4, 0.5) is 0 Å². The summed E-state index contributed by atoms with van der Waals surface area (Å²) >= 11 is 0. The molecule has 3 heterocycles. The summed E-state index contributed by atoms with van der Waals surface area (Å²) in [5.41, 5.74) is 12.7. The zero-order valence-corrected chi connectivity index (χ0v) is 15.7. The summed E-state index contributed by atoms with van der Waals surface area (Å²) in [5, 5.41) is 11.4. The van der Waals surface area contributed by atoms with Gasteiger partial charge in [0.05, 0.1) is 23.1 Å². The van der Waals surface area contributed by atoms with Crippen LogP contribution < -0.4 is 11.1 Å². The Morgan fingerprint density at radius 2 is 1.93 bits per heavy atom. The number of hydrogen-bond acceptors (Lipinski definition) is 4. The van der Waals surface area contributed by atoms with Crippen molar-refractivity contribution in [3.8, 4) is 22.6 Å². The Labute approximate surface area is 163 Å². The van der Waals surface area contributed by atoms with Gasteiger partial charge in [-0.25, -0.2) is 4.98 Å². The minimum absolute atomic E-state index is 0.313. The highest BCUT2D eigenvalue weighted by atomic mass is 15.2. The van der Waals surface area contributed by atoms with Crippen LogP contribution in [0.5, 0.6) is 0 Å². The van der Waals surface area contributed by atoms with Gasteiger partial charge in [-0.05, 0) is 18.1 Å². The summed E-state index contributed by atoms with van der Waals surface area (Å²) in [6.07, 6.45) is 7.58. The second-order valence-electron chi connectivity index (χ2n) is 7.12. The molecule has 0 amide bonds. The lowest BCUT2D eigenvalue weighted by atomic mass is 10.0. The predicted molar refractivity (Wildman–Crippen MR) is 112 cm³/mol. The molecule has 0 aliphatic carbocycles. The molecule has 5 rings (SSSR count). The zero-order valence-electron chi connectivity index (χ0n) is 15.7. The maximum Gasteiger partial charge on any atom is 0.145 e. The first-order chi connectivity index (χ1) is 13.7. The molecule has 2 aromatic carbocycles. The van der Waals surface area contributed by atoms with Crippen molar-refractivity contribution in [2.75, 3.05) is 0 Å². The summed E-state index contributed by atoms with van der Waals surface area (Å²) < 4.78 is 2.08. The van der Waals surface area contributed by atoms with Gasteiger partial charge in [-0.1, -0.05) is 49.7 Å². The van der Waals surface area contributed by atoms with E-state index in [9.17, 15) is 0 Å². The van der Waals surface area contributed by atoms with Crippen molar-refractivity contribution in [1.82, 2.24) is 25.1 Å². The van der Waals surface area contributed by atoms with Crippen molar-refractivity contribution in [3.05, 3.63) is 66.1 Å². The molecule has 0 spiro atoms. The monoisotopic (exact) mass is 370 g/mol. The van der Waals surface area contributed by atoms with E-state index in [1.807, 2.05) is 18.6 Å². The number of imidazole rings is 1. The van der Waals surface area contributed by atoms with Crippen LogP contribution in [0, 0.1) is 0 Å². The number of nitrogens with zero attached hydrogens (tertiary/aromatic N) is 3. The molecule has 0 fully saturated rings. The molecule has 1 aliphatic heterocycles. The normalized spacial score (nSPS) is 15.6. The van der Waals surface area contributed by atoms with E-state index in [1.165, 1.54) is 5.56 Å². The lowest BCUT2D eigenvalue weighted by Gasteiger charge is -2.20. The quantitative estimate of drug-likeness (QED) is 0.506. The largest absolute Gasteiger partial charge is 0.370 e. The minimum atomic E-state index is -0.313. The van der Waals surface area contributed by atoms with Crippen LogP contribution in [-0.4, -0.2) is 19.7 Å². The second kappa shape index (κ2) is 6.65. The summed E-state index contributed by atoms with van der Waals surface area (Å²) in [4.78, 5) is 5.01. The van der Waals surface area contributed by atoms with Gasteiger partial charge in [-0.15, -0.1) is 0 Å². The number of fused-ring (bicyclic) bond motifs is 2. The molecule has 0 radical (unpaired) electrons. The average molecular weight is 370 g/mol. The number of hydrogen-bond donors (Lipinski definition) is 3. The standard InChI is InChI=1S/C22H22N6/c1-2-3-14-4-6-15(7-5-14)19-20-21(23)24-10-11-28(20)22(26-19)16-8-9-17-13-25-27-18(17)12-16/h4-13,21,24H,2-3,23H2,1H3,(H,25,27). The molecular formula is C22H22N6. The third-order valence-corrected chi connectivity index (χ3v) is 5.21. The van der Waals surface area contributed by atoms with Crippen molar-refractivity contribution in [2.24, 2.45) is 5.73 Å². The molecule has 4 N–H and O–H groups in total. The molecule has 28 heavy (non-hydrogen) atoms. The first-order valence-electron chi connectivity index (χ1n) is 9.58. The molecule has 1 unspecified atom stereocenters. The third-order valence-electron chi connectivity index (χ3n) is 5.21. The van der Waals surface area contributed by atoms with Gasteiger partial charge < -0.3 is 11.1 Å². The minimum Gasteiger partial charge on any atom is -0.370 e. The first kappa shape index (κ1) is 16.8. The van der Waals surface area contributed by atoms with Crippen LogP contribution >= 0.6 is 0 Å². The Morgan fingerprint density at radius 3 is 2.75 bits per heavy atom. The van der Waals surface area contributed by atoms with Gasteiger partial charge in [0, 0.05) is 28.9 Å². The fraction of sp³-hybridized carbons (Fsp3) is 0.182. The predicted octanol–water partition coefficient (Wildman–Crippen LogP) is 4.03. The molecule has 6 heteroatoms. The topological polar surface area (TPSA) is 84.5 Å². The Balaban J connectivity index is 1.67. The first-order valence-corrected chi connectivity index (χ1v) is 9.58. The maximum absolute atomic E-state index is 6.39. The fourth-order valence-corrected chi connectivity index (χ4v) is 3.80. The number of H-pyrrole nitrogens is 1. The van der Waals surface area contributed by atoms with Crippen molar-refractivity contribution in [3.63, 3.8) is 0 Å². The van der Waals surface area contributed by atoms with E-state index in [0.717, 1.165) is 52.1 Å². The highest BCUT2D eigenvalue weighted by molar-refractivity contribution is 5.83. The van der Waals surface area contributed by atoms with Gasteiger partial charge in [-0.2, -0.15) is 5.10 Å². The number of nitrogens with one attached hydrogen (secondary N) is 2. The summed E-state index contributed by atoms with van der Waals surface area (Å²) in [5.74, 6) is 0.868. The Morgan fingerprint density at radius 1 is 1.11 bits per heavy atom. The molecule has 0 bridgehead atoms. The molecule has 4 aromatic rings. The van der Waals surface area contributed by atoms with E-state index in [4.69, 9.17) is 10.7 Å². The maximum atomic E-state index is 6.39. The van der Waals surface area contributed by atoms with E-state index in [0.29, 0.717) is 0 Å². The molecule has 6 nitrogen and oxygen atoms in total. The number of aromatic nitrogens is 4. The Hall–Kier alpha value is -3.38. The van der Waals surface area contributed by atoms with Crippen molar-refractivity contribution < 1.29 is 0 Å². The van der Waals surface area contributed by atoms with Gasteiger partial charge in [0.1, 0.15) is 12.0 Å².